The monoisotopic (exact) mass is 624 g/mol. The molecule has 1 aromatic carbocycles. The molecule has 3 unspecified atom stereocenters. The van der Waals surface area contributed by atoms with Crippen molar-refractivity contribution in [2.75, 3.05) is 23.7 Å². The summed E-state index contributed by atoms with van der Waals surface area (Å²) in [5, 5.41) is 12.9. The maximum Gasteiger partial charge on any atom is 0.264 e. The lowest BCUT2D eigenvalue weighted by molar-refractivity contribution is -0.136. The first-order chi connectivity index (χ1) is 22.1. The van der Waals surface area contributed by atoms with Crippen LogP contribution in [0.1, 0.15) is 104 Å². The number of fused-ring (bicyclic) bond motifs is 4. The Morgan fingerprint density at radius 3 is 2.67 bits per heavy atom. The second-order valence-electron chi connectivity index (χ2n) is 13.5. The number of nitrogens with zero attached hydrogens (tertiary/aromatic N) is 2. The summed E-state index contributed by atoms with van der Waals surface area (Å²) in [6.07, 6.45) is 14.6. The summed E-state index contributed by atoms with van der Waals surface area (Å²) in [7, 11) is 0. The highest BCUT2D eigenvalue weighted by molar-refractivity contribution is 6.25. The fourth-order valence-corrected chi connectivity index (χ4v) is 7.47. The molecular formula is C36H44N6O4. The summed E-state index contributed by atoms with van der Waals surface area (Å²) in [6.45, 7) is 10.5. The van der Waals surface area contributed by atoms with Crippen molar-refractivity contribution < 1.29 is 19.2 Å². The molecule has 1 fully saturated rings. The number of hydrogen-bond donors (Lipinski definition) is 4. The van der Waals surface area contributed by atoms with Crippen molar-refractivity contribution in [3.05, 3.63) is 77.3 Å². The zero-order valence-corrected chi connectivity index (χ0v) is 26.8. The van der Waals surface area contributed by atoms with Crippen molar-refractivity contribution in [2.45, 2.75) is 95.1 Å². The molecule has 1 aliphatic carbocycles. The number of anilines is 2. The molecule has 10 nitrogen and oxygen atoms in total. The Morgan fingerprint density at radius 1 is 1.07 bits per heavy atom. The van der Waals surface area contributed by atoms with E-state index in [9.17, 15) is 19.2 Å². The van der Waals surface area contributed by atoms with Gasteiger partial charge in [-0.3, -0.25) is 34.4 Å². The molecule has 0 radical (unpaired) electrons. The van der Waals surface area contributed by atoms with Crippen molar-refractivity contribution in [1.29, 1.82) is 0 Å². The van der Waals surface area contributed by atoms with Crippen molar-refractivity contribution in [1.82, 2.24) is 20.5 Å². The Bertz CT molecular complexity index is 1620. The minimum Gasteiger partial charge on any atom is -0.389 e. The molecule has 4 aliphatic rings. The van der Waals surface area contributed by atoms with Gasteiger partial charge in [0.15, 0.2) is 0 Å². The van der Waals surface area contributed by atoms with Crippen LogP contribution in [-0.2, 0) is 15.0 Å². The number of nitrogens with one attached hydrogen (secondary N) is 4. The zero-order valence-electron chi connectivity index (χ0n) is 26.8. The van der Waals surface area contributed by atoms with E-state index in [0.717, 1.165) is 68.5 Å². The zero-order chi connectivity index (χ0) is 32.5. The van der Waals surface area contributed by atoms with Gasteiger partial charge in [0, 0.05) is 65.5 Å². The maximum atomic E-state index is 13.2. The third-order valence-electron chi connectivity index (χ3n) is 10.4. The SMILES string of the molecule is C=C(CCC1=CCC2(C)c3cnccc3NC2(C)C1)NCCCCCCNc1cccc2c1C(=O)N(C1CCC(=O)NC1=O)C2=O. The molecule has 10 heteroatoms. The molecule has 3 atom stereocenters. The van der Waals surface area contributed by atoms with E-state index in [4.69, 9.17) is 0 Å². The highest BCUT2D eigenvalue weighted by Gasteiger charge is 2.53. The minimum absolute atomic E-state index is 0.00425. The number of allylic oxidation sites excluding steroid dienone is 2. The van der Waals surface area contributed by atoms with Crippen LogP contribution in [-0.4, -0.2) is 58.2 Å². The van der Waals surface area contributed by atoms with Crippen LogP contribution in [0, 0.1) is 0 Å². The molecule has 46 heavy (non-hydrogen) atoms. The van der Waals surface area contributed by atoms with Crippen molar-refractivity contribution in [3.63, 3.8) is 0 Å². The number of aromatic nitrogens is 1. The van der Waals surface area contributed by atoms with E-state index in [1.165, 1.54) is 16.8 Å². The Morgan fingerprint density at radius 2 is 1.87 bits per heavy atom. The normalized spacial score (nSPS) is 24.9. The standard InChI is InChI=1S/C36H44N6O4/c1-23(11-12-24-15-17-35(2)26-22-37-20-16-27(26)41-36(35,3)21-24)38-18-6-4-5-7-19-39-28-10-8-9-25-31(28)34(46)42(33(25)45)29-13-14-30(43)40-32(29)44/h8-10,15-16,20,22,29,38-39,41H,1,4-7,11-14,17-19,21H2,2-3H3,(H,40,43,44). The van der Waals surface area contributed by atoms with Crippen molar-refractivity contribution in [3.8, 4) is 0 Å². The quantitative estimate of drug-likeness (QED) is 0.136. The lowest BCUT2D eigenvalue weighted by Gasteiger charge is -2.45. The molecule has 4 N–H and O–H groups in total. The third-order valence-corrected chi connectivity index (χ3v) is 10.4. The van der Waals surface area contributed by atoms with Gasteiger partial charge in [-0.1, -0.05) is 44.1 Å². The summed E-state index contributed by atoms with van der Waals surface area (Å²) in [5.41, 5.74) is 6.34. The third kappa shape index (κ3) is 5.81. The summed E-state index contributed by atoms with van der Waals surface area (Å²) < 4.78 is 0. The van der Waals surface area contributed by atoms with E-state index >= 15 is 0 Å². The number of carbonyl (C=O) groups excluding carboxylic acids is 4. The number of piperidine rings is 1. The first kappa shape index (κ1) is 31.5. The van der Waals surface area contributed by atoms with Gasteiger partial charge in [0.25, 0.3) is 11.8 Å². The Labute approximate surface area is 270 Å². The second kappa shape index (κ2) is 12.7. The average Bonchev–Trinajstić information content (AvgIpc) is 3.43. The Hall–Kier alpha value is -4.47. The van der Waals surface area contributed by atoms with Crippen molar-refractivity contribution >= 4 is 35.0 Å². The van der Waals surface area contributed by atoms with Gasteiger partial charge in [0.1, 0.15) is 6.04 Å². The lowest BCUT2D eigenvalue weighted by atomic mass is 9.62. The fourth-order valence-electron chi connectivity index (χ4n) is 7.47. The van der Waals surface area contributed by atoms with Gasteiger partial charge in [0.05, 0.1) is 11.1 Å². The van der Waals surface area contributed by atoms with Crippen LogP contribution in [0.5, 0.6) is 0 Å². The summed E-state index contributed by atoms with van der Waals surface area (Å²) in [6, 6.07) is 6.26. The smallest absolute Gasteiger partial charge is 0.264 e. The molecule has 4 heterocycles. The van der Waals surface area contributed by atoms with Gasteiger partial charge in [0.2, 0.25) is 11.8 Å². The van der Waals surface area contributed by atoms with Crippen LogP contribution in [0.2, 0.25) is 0 Å². The van der Waals surface area contributed by atoms with Crippen molar-refractivity contribution in [2.24, 2.45) is 0 Å². The van der Waals surface area contributed by atoms with E-state index < -0.39 is 23.8 Å². The highest BCUT2D eigenvalue weighted by Crippen LogP contribution is 2.54. The van der Waals surface area contributed by atoms with E-state index in [1.54, 1.807) is 18.2 Å². The molecule has 1 saturated heterocycles. The Kier molecular flexibility index (Phi) is 8.72. The number of rotatable bonds is 13. The first-order valence-corrected chi connectivity index (χ1v) is 16.5. The molecule has 3 aliphatic heterocycles. The summed E-state index contributed by atoms with van der Waals surface area (Å²) >= 11 is 0. The van der Waals surface area contributed by atoms with Gasteiger partial charge in [-0.15, -0.1) is 0 Å². The fraction of sp³-hybridized carbons (Fsp3) is 0.472. The number of hydrogen-bond acceptors (Lipinski definition) is 8. The van der Waals surface area contributed by atoms with E-state index in [-0.39, 0.29) is 35.3 Å². The predicted molar refractivity (Wildman–Crippen MR) is 177 cm³/mol. The van der Waals surface area contributed by atoms with Crippen LogP contribution >= 0.6 is 0 Å². The minimum atomic E-state index is -0.965. The molecule has 2 aromatic rings. The van der Waals surface area contributed by atoms with E-state index in [2.05, 4.69) is 58.8 Å². The van der Waals surface area contributed by atoms with Gasteiger partial charge in [-0.2, -0.15) is 0 Å². The van der Waals surface area contributed by atoms with E-state index in [1.807, 2.05) is 12.4 Å². The van der Waals surface area contributed by atoms with Gasteiger partial charge in [-0.05, 0) is 70.1 Å². The largest absolute Gasteiger partial charge is 0.389 e. The van der Waals surface area contributed by atoms with Gasteiger partial charge >= 0.3 is 0 Å². The van der Waals surface area contributed by atoms with E-state index in [0.29, 0.717) is 17.8 Å². The predicted octanol–water partition coefficient (Wildman–Crippen LogP) is 5.20. The number of imide groups is 2. The van der Waals surface area contributed by atoms with Crippen LogP contribution in [0.3, 0.4) is 0 Å². The number of pyridine rings is 1. The Balaban J connectivity index is 0.881. The van der Waals surface area contributed by atoms with Crippen LogP contribution in [0.15, 0.2) is 60.6 Å². The molecule has 4 amide bonds. The molecule has 6 rings (SSSR count). The molecular weight excluding hydrogens is 580 g/mol. The maximum absolute atomic E-state index is 13.2. The van der Waals surface area contributed by atoms with Gasteiger partial charge in [-0.25, -0.2) is 0 Å². The number of benzene rings is 1. The highest BCUT2D eigenvalue weighted by atomic mass is 16.2. The summed E-state index contributed by atoms with van der Waals surface area (Å²) in [4.78, 5) is 55.5. The molecule has 1 aromatic heterocycles. The molecule has 0 saturated carbocycles. The molecule has 242 valence electrons. The summed E-state index contributed by atoms with van der Waals surface area (Å²) in [5.74, 6) is -1.97. The van der Waals surface area contributed by atoms with Crippen LogP contribution in [0.4, 0.5) is 11.4 Å². The first-order valence-electron chi connectivity index (χ1n) is 16.5. The number of unbranched alkanes of at least 4 members (excludes halogenated alkanes) is 3. The lowest BCUT2D eigenvalue weighted by Crippen LogP contribution is -2.54. The number of carbonyl (C=O) groups is 4. The molecule has 0 spiro atoms. The topological polar surface area (TPSA) is 133 Å². The second-order valence-corrected chi connectivity index (χ2v) is 13.5. The average molecular weight is 625 g/mol. The van der Waals surface area contributed by atoms with Crippen LogP contribution in [0.25, 0.3) is 0 Å². The van der Waals surface area contributed by atoms with Gasteiger partial charge < -0.3 is 16.0 Å². The van der Waals surface area contributed by atoms with Crippen LogP contribution < -0.4 is 21.3 Å². The molecule has 0 bridgehead atoms. The number of amides is 4.